The van der Waals surface area contributed by atoms with Crippen LogP contribution < -0.4 is 0 Å². The lowest BCUT2D eigenvalue weighted by molar-refractivity contribution is -0.160. The molecule has 0 amide bonds. The van der Waals surface area contributed by atoms with E-state index in [-0.39, 0.29) is 5.97 Å². The fourth-order valence-corrected chi connectivity index (χ4v) is 3.90. The van der Waals surface area contributed by atoms with Gasteiger partial charge in [0.1, 0.15) is 0 Å². The first-order chi connectivity index (χ1) is 14.1. The maximum absolute atomic E-state index is 12.6. The molecule has 1 aromatic heterocycles. The zero-order chi connectivity index (χ0) is 20.7. The van der Waals surface area contributed by atoms with E-state index in [2.05, 4.69) is 33.9 Å². The van der Waals surface area contributed by atoms with Crippen LogP contribution in [0.4, 0.5) is 0 Å². The molecular weight excluding hydrogens is 366 g/mol. The molecule has 3 rings (SSSR count). The van der Waals surface area contributed by atoms with E-state index in [0.717, 1.165) is 49.4 Å². The topological polar surface area (TPSA) is 64.6 Å². The Balaban J connectivity index is 1.60. The summed E-state index contributed by atoms with van der Waals surface area (Å²) in [5.41, 5.74) is 2.89. The quantitative estimate of drug-likeness (QED) is 0.634. The number of nitrogens with zero attached hydrogens (tertiary/aromatic N) is 3. The van der Waals surface area contributed by atoms with Gasteiger partial charge in [0.05, 0.1) is 12.0 Å². The van der Waals surface area contributed by atoms with Crippen molar-refractivity contribution in [2.75, 3.05) is 33.4 Å². The van der Waals surface area contributed by atoms with Crippen LogP contribution in [-0.4, -0.2) is 54.3 Å². The molecule has 2 aromatic rings. The fraction of sp³-hybridized carbons (Fsp3) is 0.522. The number of likely N-dealkylation sites (tertiary alicyclic amines) is 1. The van der Waals surface area contributed by atoms with Crippen molar-refractivity contribution in [1.29, 1.82) is 0 Å². The number of aromatic nitrogens is 2. The summed E-state index contributed by atoms with van der Waals surface area (Å²) in [6, 6.07) is 8.21. The highest BCUT2D eigenvalue weighted by atomic mass is 16.5. The van der Waals surface area contributed by atoms with Crippen molar-refractivity contribution in [3.63, 3.8) is 0 Å². The van der Waals surface area contributed by atoms with Crippen molar-refractivity contribution in [3.8, 4) is 11.4 Å². The summed E-state index contributed by atoms with van der Waals surface area (Å²) >= 11 is 0. The summed E-state index contributed by atoms with van der Waals surface area (Å²) in [4.78, 5) is 24.0. The molecule has 0 saturated carbocycles. The Morgan fingerprint density at radius 3 is 2.55 bits per heavy atom. The molecule has 2 heterocycles. The van der Waals surface area contributed by atoms with Crippen LogP contribution in [0.15, 0.2) is 36.7 Å². The highest BCUT2D eigenvalue weighted by molar-refractivity contribution is 5.77. The lowest BCUT2D eigenvalue weighted by Gasteiger charge is -2.39. The van der Waals surface area contributed by atoms with Crippen LogP contribution in [0, 0.1) is 12.3 Å². The molecule has 0 N–H and O–H groups in total. The van der Waals surface area contributed by atoms with Crippen molar-refractivity contribution >= 4 is 5.97 Å². The predicted octanol–water partition coefficient (Wildman–Crippen LogP) is 3.63. The van der Waals surface area contributed by atoms with Gasteiger partial charge in [-0.1, -0.05) is 23.8 Å². The van der Waals surface area contributed by atoms with Crippen molar-refractivity contribution < 1.29 is 14.3 Å². The molecule has 0 bridgehead atoms. The van der Waals surface area contributed by atoms with Crippen molar-refractivity contribution in [1.82, 2.24) is 14.9 Å². The Kier molecular flexibility index (Phi) is 7.34. The zero-order valence-corrected chi connectivity index (χ0v) is 17.7. The number of piperidine rings is 1. The van der Waals surface area contributed by atoms with Crippen molar-refractivity contribution in [2.45, 2.75) is 39.7 Å². The molecule has 156 valence electrons. The van der Waals surface area contributed by atoms with Crippen LogP contribution in [0.3, 0.4) is 0 Å². The number of benzene rings is 1. The van der Waals surface area contributed by atoms with E-state index < -0.39 is 5.41 Å². The minimum atomic E-state index is -0.423. The summed E-state index contributed by atoms with van der Waals surface area (Å²) in [6.45, 7) is 7.41. The number of esters is 1. The smallest absolute Gasteiger partial charge is 0.312 e. The molecule has 1 fully saturated rings. The normalized spacial score (nSPS) is 16.5. The summed E-state index contributed by atoms with van der Waals surface area (Å²) < 4.78 is 10.6. The second-order valence-corrected chi connectivity index (χ2v) is 7.80. The molecule has 29 heavy (non-hydrogen) atoms. The van der Waals surface area contributed by atoms with E-state index >= 15 is 0 Å². The fourth-order valence-electron chi connectivity index (χ4n) is 3.90. The molecule has 6 nitrogen and oxygen atoms in total. The molecule has 1 aliphatic heterocycles. The number of aryl methyl sites for hydroxylation is 1. The van der Waals surface area contributed by atoms with Gasteiger partial charge in [-0.15, -0.1) is 0 Å². The third-order valence-electron chi connectivity index (χ3n) is 5.69. The second-order valence-electron chi connectivity index (χ2n) is 7.80. The van der Waals surface area contributed by atoms with Gasteiger partial charge in [0.2, 0.25) is 0 Å². The molecule has 0 radical (unpaired) electrons. The highest BCUT2D eigenvalue weighted by Gasteiger charge is 2.42. The van der Waals surface area contributed by atoms with Crippen molar-refractivity contribution in [3.05, 3.63) is 47.8 Å². The molecule has 6 heteroatoms. The number of rotatable bonds is 8. The lowest BCUT2D eigenvalue weighted by Crippen LogP contribution is -2.45. The first kappa shape index (κ1) is 21.4. The van der Waals surface area contributed by atoms with E-state index in [1.165, 1.54) is 5.56 Å². The summed E-state index contributed by atoms with van der Waals surface area (Å²) in [5.74, 6) is 0.666. The molecule has 1 aromatic carbocycles. The number of hydrogen-bond donors (Lipinski definition) is 0. The number of ether oxygens (including phenoxy) is 2. The molecule has 0 spiro atoms. The maximum atomic E-state index is 12.6. The molecule has 0 aliphatic carbocycles. The molecular formula is C23H31N3O3. The van der Waals surface area contributed by atoms with E-state index in [4.69, 9.17) is 9.47 Å². The van der Waals surface area contributed by atoms with Crippen molar-refractivity contribution in [2.24, 2.45) is 5.41 Å². The maximum Gasteiger partial charge on any atom is 0.312 e. The van der Waals surface area contributed by atoms with Crippen LogP contribution in [0.5, 0.6) is 0 Å². The third kappa shape index (κ3) is 5.40. The Labute approximate surface area is 173 Å². The minimum Gasteiger partial charge on any atom is -0.466 e. The van der Waals surface area contributed by atoms with Gasteiger partial charge < -0.3 is 9.47 Å². The van der Waals surface area contributed by atoms with E-state index in [0.29, 0.717) is 19.6 Å². The Hall–Kier alpha value is -2.31. The Morgan fingerprint density at radius 2 is 1.93 bits per heavy atom. The Bertz CT molecular complexity index is 799. The summed E-state index contributed by atoms with van der Waals surface area (Å²) in [5, 5.41) is 0. The van der Waals surface area contributed by atoms with Gasteiger partial charge in [-0.3, -0.25) is 9.69 Å². The van der Waals surface area contributed by atoms with Crippen LogP contribution in [-0.2, 0) is 20.8 Å². The molecule has 1 saturated heterocycles. The van der Waals surface area contributed by atoms with Crippen LogP contribution in [0.25, 0.3) is 11.4 Å². The highest BCUT2D eigenvalue weighted by Crippen LogP contribution is 2.37. The second kappa shape index (κ2) is 9.94. The third-order valence-corrected chi connectivity index (χ3v) is 5.69. The molecule has 0 atom stereocenters. The predicted molar refractivity (Wildman–Crippen MR) is 112 cm³/mol. The minimum absolute atomic E-state index is 0.0810. The number of hydrogen-bond acceptors (Lipinski definition) is 6. The standard InChI is InChI=1S/C23H31N3O3/c1-4-29-22(27)23(10-13-28-3)8-11-26(12-9-23)17-19-15-24-21(25-16-19)20-7-5-6-18(2)14-20/h5-7,14-16H,4,8-13,17H2,1-3H3. The van der Waals surface area contributed by atoms with Gasteiger partial charge in [0.25, 0.3) is 0 Å². The van der Waals surface area contributed by atoms with Crippen LogP contribution in [0.1, 0.15) is 37.3 Å². The van der Waals surface area contributed by atoms with Gasteiger partial charge in [-0.25, -0.2) is 9.97 Å². The molecule has 1 aliphatic rings. The SMILES string of the molecule is CCOC(=O)C1(CCOC)CCN(Cc2cnc(-c3cccc(C)c3)nc2)CC1. The first-order valence-electron chi connectivity index (χ1n) is 10.3. The number of carbonyl (C=O) groups excluding carboxylic acids is 1. The van der Waals surface area contributed by atoms with Gasteiger partial charge >= 0.3 is 5.97 Å². The lowest BCUT2D eigenvalue weighted by atomic mass is 9.75. The summed E-state index contributed by atoms with van der Waals surface area (Å²) in [7, 11) is 1.68. The largest absolute Gasteiger partial charge is 0.466 e. The zero-order valence-electron chi connectivity index (χ0n) is 17.7. The van der Waals surface area contributed by atoms with Gasteiger partial charge in [-0.2, -0.15) is 0 Å². The number of carbonyl (C=O) groups is 1. The first-order valence-corrected chi connectivity index (χ1v) is 10.3. The summed E-state index contributed by atoms with van der Waals surface area (Å²) in [6.07, 6.45) is 6.10. The molecule has 0 unspecified atom stereocenters. The van der Waals surface area contributed by atoms with Gasteiger partial charge in [0.15, 0.2) is 5.82 Å². The average Bonchev–Trinajstić information content (AvgIpc) is 2.74. The number of methoxy groups -OCH3 is 1. The Morgan fingerprint density at radius 1 is 1.21 bits per heavy atom. The van der Waals surface area contributed by atoms with Crippen LogP contribution >= 0.6 is 0 Å². The monoisotopic (exact) mass is 397 g/mol. The van der Waals surface area contributed by atoms with E-state index in [9.17, 15) is 4.79 Å². The van der Waals surface area contributed by atoms with E-state index in [1.807, 2.05) is 31.5 Å². The van der Waals surface area contributed by atoms with E-state index in [1.54, 1.807) is 7.11 Å². The van der Waals surface area contributed by atoms with Gasteiger partial charge in [-0.05, 0) is 52.3 Å². The van der Waals surface area contributed by atoms with Gasteiger partial charge in [0, 0.05) is 43.8 Å². The van der Waals surface area contributed by atoms with Crippen LogP contribution in [0.2, 0.25) is 0 Å². The average molecular weight is 398 g/mol.